The molecule has 0 aromatic heterocycles. The summed E-state index contributed by atoms with van der Waals surface area (Å²) in [5.74, 6) is -0.129. The van der Waals surface area contributed by atoms with E-state index >= 15 is 0 Å². The summed E-state index contributed by atoms with van der Waals surface area (Å²) in [5.41, 5.74) is 1.30. The Morgan fingerprint density at radius 3 is 2.25 bits per heavy atom. The van der Waals surface area contributed by atoms with E-state index in [0.29, 0.717) is 6.42 Å². The Kier molecular flexibility index (Phi) is 6.22. The maximum Gasteiger partial charge on any atom is 0.264 e. The van der Waals surface area contributed by atoms with Crippen LogP contribution in [0.25, 0.3) is 0 Å². The molecule has 0 atom stereocenters. The summed E-state index contributed by atoms with van der Waals surface area (Å²) in [6, 6.07) is 0. The van der Waals surface area contributed by atoms with Gasteiger partial charge in [0.15, 0.2) is 0 Å². The van der Waals surface area contributed by atoms with Crippen molar-refractivity contribution in [2.45, 2.75) is 26.7 Å². The molecule has 0 aliphatic heterocycles. The zero-order valence-electron chi connectivity index (χ0n) is 10.7. The highest BCUT2D eigenvalue weighted by Gasteiger charge is 2.13. The summed E-state index contributed by atoms with van der Waals surface area (Å²) in [4.78, 5) is 0. The van der Waals surface area contributed by atoms with Crippen molar-refractivity contribution < 1.29 is 17.5 Å². The Balaban J connectivity index is 3.87. The SMILES string of the molecule is CC(C)=CC[N+](C)(C)CCCCS(=O)(=O)O. The van der Waals surface area contributed by atoms with Gasteiger partial charge in [-0.05, 0) is 32.8 Å². The molecule has 16 heavy (non-hydrogen) atoms. The number of allylic oxidation sites excluding steroid dienone is 1. The summed E-state index contributed by atoms with van der Waals surface area (Å²) in [6.45, 7) is 6.00. The standard InChI is InChI=1S/C11H23NO3S/c1-11(2)7-9-12(3,4)8-5-6-10-16(13,14)15/h7H,5-6,8-10H2,1-4H3/p+1. The molecule has 0 aromatic rings. The monoisotopic (exact) mass is 250 g/mol. The fourth-order valence-corrected chi connectivity index (χ4v) is 1.91. The van der Waals surface area contributed by atoms with E-state index in [1.54, 1.807) is 0 Å². The number of quaternary nitrogens is 1. The van der Waals surface area contributed by atoms with Gasteiger partial charge in [0.05, 0.1) is 32.9 Å². The Hall–Kier alpha value is -0.390. The molecular weight excluding hydrogens is 226 g/mol. The first-order chi connectivity index (χ1) is 7.12. The fraction of sp³-hybridized carbons (Fsp3) is 0.818. The summed E-state index contributed by atoms with van der Waals surface area (Å²) in [7, 11) is 0.449. The second kappa shape index (κ2) is 6.37. The van der Waals surface area contributed by atoms with Gasteiger partial charge in [-0.3, -0.25) is 4.55 Å². The molecule has 0 rings (SSSR count). The van der Waals surface area contributed by atoms with Gasteiger partial charge in [-0.2, -0.15) is 8.42 Å². The summed E-state index contributed by atoms with van der Waals surface area (Å²) in [5, 5.41) is 0. The summed E-state index contributed by atoms with van der Waals surface area (Å²) < 4.78 is 30.4. The van der Waals surface area contributed by atoms with Crippen molar-refractivity contribution >= 4 is 10.1 Å². The van der Waals surface area contributed by atoms with Crippen molar-refractivity contribution in [2.24, 2.45) is 0 Å². The van der Waals surface area contributed by atoms with Crippen LogP contribution in [-0.4, -0.2) is 50.4 Å². The van der Waals surface area contributed by atoms with Crippen LogP contribution in [0.4, 0.5) is 0 Å². The van der Waals surface area contributed by atoms with Gasteiger partial charge in [0.25, 0.3) is 10.1 Å². The van der Waals surface area contributed by atoms with E-state index < -0.39 is 10.1 Å². The van der Waals surface area contributed by atoms with E-state index in [1.165, 1.54) is 5.57 Å². The first kappa shape index (κ1) is 15.6. The zero-order chi connectivity index (χ0) is 12.8. The largest absolute Gasteiger partial charge is 0.325 e. The Labute approximate surface area is 99.3 Å². The van der Waals surface area contributed by atoms with E-state index in [-0.39, 0.29) is 5.75 Å². The smallest absolute Gasteiger partial charge is 0.264 e. The van der Waals surface area contributed by atoms with Crippen molar-refractivity contribution in [3.05, 3.63) is 11.6 Å². The lowest BCUT2D eigenvalue weighted by Crippen LogP contribution is -2.40. The van der Waals surface area contributed by atoms with Crippen LogP contribution in [0.3, 0.4) is 0 Å². The maximum absolute atomic E-state index is 10.5. The summed E-state index contributed by atoms with van der Waals surface area (Å²) >= 11 is 0. The van der Waals surface area contributed by atoms with E-state index in [2.05, 4.69) is 34.0 Å². The molecular formula is C11H24NO3S+. The maximum atomic E-state index is 10.5. The molecule has 0 spiro atoms. The molecule has 0 aromatic carbocycles. The Morgan fingerprint density at radius 1 is 1.25 bits per heavy atom. The van der Waals surface area contributed by atoms with Gasteiger partial charge >= 0.3 is 0 Å². The lowest BCUT2D eigenvalue weighted by atomic mass is 10.2. The van der Waals surface area contributed by atoms with Crippen molar-refractivity contribution in [2.75, 3.05) is 32.9 Å². The lowest BCUT2D eigenvalue weighted by molar-refractivity contribution is -0.884. The van der Waals surface area contributed by atoms with E-state index in [0.717, 1.165) is 24.0 Å². The topological polar surface area (TPSA) is 54.4 Å². The molecule has 0 aliphatic carbocycles. The molecule has 4 nitrogen and oxygen atoms in total. The number of likely N-dealkylation sites (N-methyl/N-ethyl adjacent to an activating group) is 1. The quantitative estimate of drug-likeness (QED) is 0.324. The Morgan fingerprint density at radius 2 is 1.81 bits per heavy atom. The molecule has 1 N–H and O–H groups in total. The number of rotatable bonds is 7. The van der Waals surface area contributed by atoms with Crippen LogP contribution in [0.15, 0.2) is 11.6 Å². The Bertz CT molecular complexity index is 327. The predicted molar refractivity (Wildman–Crippen MR) is 66.9 cm³/mol. The minimum atomic E-state index is -3.79. The van der Waals surface area contributed by atoms with Crippen molar-refractivity contribution in [3.8, 4) is 0 Å². The molecule has 5 heteroatoms. The van der Waals surface area contributed by atoms with Gasteiger partial charge in [-0.15, -0.1) is 0 Å². The minimum absolute atomic E-state index is 0.129. The average molecular weight is 250 g/mol. The molecule has 0 fully saturated rings. The molecule has 0 heterocycles. The van der Waals surface area contributed by atoms with Crippen LogP contribution >= 0.6 is 0 Å². The van der Waals surface area contributed by atoms with E-state index in [9.17, 15) is 8.42 Å². The highest BCUT2D eigenvalue weighted by molar-refractivity contribution is 7.85. The second-order valence-electron chi connectivity index (χ2n) is 5.12. The minimum Gasteiger partial charge on any atom is -0.325 e. The summed E-state index contributed by atoms with van der Waals surface area (Å²) in [6.07, 6.45) is 3.52. The van der Waals surface area contributed by atoms with E-state index in [1.807, 2.05) is 0 Å². The normalized spacial score (nSPS) is 12.6. The highest BCUT2D eigenvalue weighted by Crippen LogP contribution is 2.04. The predicted octanol–water partition coefficient (Wildman–Crippen LogP) is 1.70. The van der Waals surface area contributed by atoms with Gasteiger partial charge in [-0.25, -0.2) is 0 Å². The van der Waals surface area contributed by atoms with Crippen LogP contribution in [0.5, 0.6) is 0 Å². The van der Waals surface area contributed by atoms with Gasteiger partial charge in [0, 0.05) is 0 Å². The van der Waals surface area contributed by atoms with Crippen molar-refractivity contribution in [3.63, 3.8) is 0 Å². The first-order valence-corrected chi connectivity index (χ1v) is 7.14. The highest BCUT2D eigenvalue weighted by atomic mass is 32.2. The van der Waals surface area contributed by atoms with Crippen molar-refractivity contribution in [1.82, 2.24) is 0 Å². The molecule has 0 radical (unpaired) electrons. The molecule has 0 saturated carbocycles. The fourth-order valence-electron chi connectivity index (χ4n) is 1.35. The third-order valence-electron chi connectivity index (χ3n) is 2.41. The molecule has 0 unspecified atom stereocenters. The molecule has 0 saturated heterocycles. The van der Waals surface area contributed by atoms with Crippen LogP contribution in [-0.2, 0) is 10.1 Å². The first-order valence-electron chi connectivity index (χ1n) is 5.53. The molecule has 96 valence electrons. The number of unbranched alkanes of at least 4 members (excludes halogenated alkanes) is 1. The van der Waals surface area contributed by atoms with Gasteiger partial charge in [0.1, 0.15) is 0 Å². The zero-order valence-corrected chi connectivity index (χ0v) is 11.5. The van der Waals surface area contributed by atoms with Crippen LogP contribution in [0.1, 0.15) is 26.7 Å². The molecule has 0 amide bonds. The average Bonchev–Trinajstić information content (AvgIpc) is 2.08. The van der Waals surface area contributed by atoms with Crippen LogP contribution in [0, 0.1) is 0 Å². The van der Waals surface area contributed by atoms with Gasteiger partial charge in [-0.1, -0.05) is 5.57 Å². The number of hydrogen-bond donors (Lipinski definition) is 1. The second-order valence-corrected chi connectivity index (χ2v) is 6.69. The number of hydrogen-bond acceptors (Lipinski definition) is 2. The lowest BCUT2D eigenvalue weighted by Gasteiger charge is -2.28. The molecule has 0 bridgehead atoms. The van der Waals surface area contributed by atoms with Crippen LogP contribution < -0.4 is 0 Å². The van der Waals surface area contributed by atoms with Crippen molar-refractivity contribution in [1.29, 1.82) is 0 Å². The van der Waals surface area contributed by atoms with Gasteiger partial charge < -0.3 is 4.48 Å². The van der Waals surface area contributed by atoms with Crippen LogP contribution in [0.2, 0.25) is 0 Å². The third-order valence-corrected chi connectivity index (χ3v) is 3.21. The third kappa shape index (κ3) is 10.1. The van der Waals surface area contributed by atoms with E-state index in [4.69, 9.17) is 4.55 Å². The van der Waals surface area contributed by atoms with Gasteiger partial charge in [0.2, 0.25) is 0 Å². The number of nitrogens with zero attached hydrogens (tertiary/aromatic N) is 1. The molecule has 0 aliphatic rings.